The van der Waals surface area contributed by atoms with Crippen LogP contribution in [0.2, 0.25) is 0 Å². The fraction of sp³-hybridized carbons (Fsp3) is 0.227. The van der Waals surface area contributed by atoms with Crippen molar-refractivity contribution in [1.82, 2.24) is 29.1 Å². The molecule has 0 spiro atoms. The third-order valence-electron chi connectivity index (χ3n) is 5.71. The Balaban J connectivity index is 1.89. The van der Waals surface area contributed by atoms with E-state index in [-0.39, 0.29) is 18.1 Å². The molecule has 1 aliphatic heterocycles. The van der Waals surface area contributed by atoms with Gasteiger partial charge in [-0.15, -0.1) is 0 Å². The lowest BCUT2D eigenvalue weighted by molar-refractivity contribution is 0.226. The van der Waals surface area contributed by atoms with E-state index in [0.717, 1.165) is 0 Å². The van der Waals surface area contributed by atoms with Gasteiger partial charge in [0, 0.05) is 29.9 Å². The molecule has 3 aromatic heterocycles. The van der Waals surface area contributed by atoms with Crippen LogP contribution in [0.4, 0.5) is 10.2 Å². The van der Waals surface area contributed by atoms with E-state index in [1.807, 2.05) is 0 Å². The molecule has 0 saturated heterocycles. The Morgan fingerprint density at radius 2 is 2.12 bits per heavy atom. The van der Waals surface area contributed by atoms with Crippen LogP contribution in [0.5, 0.6) is 5.75 Å². The van der Waals surface area contributed by atoms with Crippen LogP contribution >= 0.6 is 0 Å². The summed E-state index contributed by atoms with van der Waals surface area (Å²) in [6, 6.07) is 7.96. The van der Waals surface area contributed by atoms with Crippen molar-refractivity contribution in [2.24, 2.45) is 7.05 Å². The maximum atomic E-state index is 14.2. The molecule has 166 valence electrons. The molecule has 4 aromatic rings. The van der Waals surface area contributed by atoms with Crippen molar-refractivity contribution < 1.29 is 9.13 Å². The lowest BCUT2D eigenvalue weighted by Gasteiger charge is -2.22. The Morgan fingerprint density at radius 3 is 2.88 bits per heavy atom. The van der Waals surface area contributed by atoms with Gasteiger partial charge in [-0.05, 0) is 38.1 Å². The van der Waals surface area contributed by atoms with Gasteiger partial charge in [0.1, 0.15) is 29.5 Å². The van der Waals surface area contributed by atoms with E-state index >= 15 is 0 Å². The lowest BCUT2D eigenvalue weighted by Crippen LogP contribution is -2.25. The maximum Gasteiger partial charge on any atom is 0.368 e. The SMILES string of the molecule is Cc1nc(=O)n2n1Cc1nn(C)c(C#N)c1-c1cnc(N)c(c1)OC(C)c1cc(F)ccc1-2. The van der Waals surface area contributed by atoms with E-state index in [4.69, 9.17) is 10.5 Å². The van der Waals surface area contributed by atoms with Gasteiger partial charge in [0.15, 0.2) is 11.6 Å². The molecule has 0 radical (unpaired) electrons. The lowest BCUT2D eigenvalue weighted by atomic mass is 10.0. The Bertz CT molecular complexity index is 1520. The second-order valence-electron chi connectivity index (χ2n) is 7.79. The number of hydrogen-bond acceptors (Lipinski definition) is 7. The van der Waals surface area contributed by atoms with Gasteiger partial charge in [-0.2, -0.15) is 20.0 Å². The number of fused-ring (bicyclic) bond motifs is 7. The van der Waals surface area contributed by atoms with Gasteiger partial charge in [-0.1, -0.05) is 0 Å². The first-order valence-electron chi connectivity index (χ1n) is 10.1. The highest BCUT2D eigenvalue weighted by Gasteiger charge is 2.26. The quantitative estimate of drug-likeness (QED) is 0.438. The zero-order valence-electron chi connectivity index (χ0n) is 18.1. The molecule has 1 atom stereocenters. The summed E-state index contributed by atoms with van der Waals surface area (Å²) < 4.78 is 24.8. The van der Waals surface area contributed by atoms with E-state index in [1.165, 1.54) is 27.6 Å². The fourth-order valence-electron chi connectivity index (χ4n) is 4.16. The monoisotopic (exact) mass is 446 g/mol. The zero-order valence-corrected chi connectivity index (χ0v) is 18.1. The highest BCUT2D eigenvalue weighted by molar-refractivity contribution is 5.73. The predicted octanol–water partition coefficient (Wildman–Crippen LogP) is 2.23. The summed E-state index contributed by atoms with van der Waals surface area (Å²) in [5.74, 6) is 0.374. The number of nitrogens with two attached hydrogens (primary N) is 1. The number of ether oxygens (including phenoxy) is 1. The van der Waals surface area contributed by atoms with E-state index < -0.39 is 17.6 Å². The first-order chi connectivity index (χ1) is 15.8. The average molecular weight is 446 g/mol. The Morgan fingerprint density at radius 1 is 1.33 bits per heavy atom. The Kier molecular flexibility index (Phi) is 4.52. The summed E-state index contributed by atoms with van der Waals surface area (Å²) in [6.45, 7) is 3.56. The van der Waals surface area contributed by atoms with Crippen LogP contribution < -0.4 is 16.2 Å². The largest absolute Gasteiger partial charge is 0.482 e. The van der Waals surface area contributed by atoms with Crippen LogP contribution in [0.3, 0.4) is 0 Å². The minimum absolute atomic E-state index is 0.137. The van der Waals surface area contributed by atoms with Crippen molar-refractivity contribution in [3.63, 3.8) is 0 Å². The van der Waals surface area contributed by atoms with Crippen molar-refractivity contribution in [2.45, 2.75) is 26.5 Å². The van der Waals surface area contributed by atoms with Crippen LogP contribution in [-0.4, -0.2) is 29.1 Å². The molecule has 0 saturated carbocycles. The molecule has 2 bridgehead atoms. The van der Waals surface area contributed by atoms with E-state index in [0.29, 0.717) is 39.6 Å². The van der Waals surface area contributed by atoms with Crippen molar-refractivity contribution in [3.8, 4) is 28.6 Å². The Hall–Kier alpha value is -4.46. The predicted molar refractivity (Wildman–Crippen MR) is 116 cm³/mol. The number of benzene rings is 1. The van der Waals surface area contributed by atoms with Crippen LogP contribution in [0, 0.1) is 24.1 Å². The molecule has 1 aromatic carbocycles. The molecule has 1 aliphatic rings. The van der Waals surface area contributed by atoms with Gasteiger partial charge in [0.25, 0.3) is 0 Å². The maximum absolute atomic E-state index is 14.2. The molecule has 10 nitrogen and oxygen atoms in total. The molecule has 2 N–H and O–H groups in total. The number of aromatic nitrogens is 6. The third kappa shape index (κ3) is 3.15. The van der Waals surface area contributed by atoms with E-state index in [1.54, 1.807) is 37.8 Å². The second kappa shape index (κ2) is 7.30. The highest BCUT2D eigenvalue weighted by atomic mass is 19.1. The molecular weight excluding hydrogens is 427 g/mol. The number of nitriles is 1. The van der Waals surface area contributed by atoms with Crippen LogP contribution in [0.15, 0.2) is 35.3 Å². The zero-order chi connectivity index (χ0) is 23.4. The Labute approximate surface area is 187 Å². The number of pyridine rings is 1. The van der Waals surface area contributed by atoms with Gasteiger partial charge in [0.05, 0.1) is 17.9 Å². The molecule has 0 aliphatic carbocycles. The molecule has 11 heteroatoms. The van der Waals surface area contributed by atoms with Crippen molar-refractivity contribution >= 4 is 5.82 Å². The van der Waals surface area contributed by atoms with Crippen LogP contribution in [0.1, 0.15) is 35.8 Å². The highest BCUT2D eigenvalue weighted by Crippen LogP contribution is 2.35. The van der Waals surface area contributed by atoms with Gasteiger partial charge in [0.2, 0.25) is 0 Å². The number of rotatable bonds is 0. The number of anilines is 1. The summed E-state index contributed by atoms with van der Waals surface area (Å²) in [5.41, 5.74) is 8.36. The normalized spacial score (nSPS) is 14.7. The van der Waals surface area contributed by atoms with Gasteiger partial charge >= 0.3 is 5.69 Å². The number of hydrogen-bond donors (Lipinski definition) is 1. The van der Waals surface area contributed by atoms with Gasteiger partial charge in [-0.25, -0.2) is 14.2 Å². The number of halogens is 1. The number of nitrogens with zero attached hydrogens (tertiary/aromatic N) is 7. The first kappa shape index (κ1) is 20.4. The van der Waals surface area contributed by atoms with E-state index in [2.05, 4.69) is 21.1 Å². The minimum Gasteiger partial charge on any atom is -0.482 e. The molecule has 1 unspecified atom stereocenters. The second-order valence-corrected chi connectivity index (χ2v) is 7.79. The molecule has 0 amide bonds. The topological polar surface area (TPSA) is 130 Å². The molecule has 5 rings (SSSR count). The summed E-state index contributed by atoms with van der Waals surface area (Å²) in [6.07, 6.45) is 0.857. The standard InChI is InChI=1S/C22H19FN8O2/c1-11-15-7-14(23)4-5-17(15)31-22(32)27-12(2)30(31)10-16-20(18(8-24)29(3)28-16)13-6-19(33-11)21(25)26-9-13/h4-7,9,11H,10H2,1-3H3,(H2,25,26). The van der Waals surface area contributed by atoms with Crippen molar-refractivity contribution in [2.75, 3.05) is 5.73 Å². The molecule has 33 heavy (non-hydrogen) atoms. The van der Waals surface area contributed by atoms with Gasteiger partial charge < -0.3 is 10.5 Å². The third-order valence-corrected chi connectivity index (χ3v) is 5.71. The summed E-state index contributed by atoms with van der Waals surface area (Å²) in [4.78, 5) is 21.2. The summed E-state index contributed by atoms with van der Waals surface area (Å²) in [7, 11) is 1.67. The van der Waals surface area contributed by atoms with Crippen LogP contribution in [-0.2, 0) is 13.6 Å². The summed E-state index contributed by atoms with van der Waals surface area (Å²) in [5, 5.41) is 14.3. The molecule has 0 fully saturated rings. The van der Waals surface area contributed by atoms with Crippen molar-refractivity contribution in [1.29, 1.82) is 5.26 Å². The minimum atomic E-state index is -0.686. The molecular formula is C22H19FN8O2. The first-order valence-corrected chi connectivity index (χ1v) is 10.1. The molecule has 4 heterocycles. The van der Waals surface area contributed by atoms with Crippen LogP contribution in [0.25, 0.3) is 16.8 Å². The van der Waals surface area contributed by atoms with Crippen molar-refractivity contribution in [3.05, 3.63) is 69.5 Å². The summed E-state index contributed by atoms with van der Waals surface area (Å²) >= 11 is 0. The average Bonchev–Trinajstić information content (AvgIpc) is 3.23. The van der Waals surface area contributed by atoms with Gasteiger partial charge in [-0.3, -0.25) is 9.36 Å². The number of aryl methyl sites for hydroxylation is 2. The fourth-order valence-corrected chi connectivity index (χ4v) is 4.16. The smallest absolute Gasteiger partial charge is 0.368 e. The van der Waals surface area contributed by atoms with E-state index in [9.17, 15) is 14.4 Å². The number of nitrogen functional groups attached to an aromatic ring is 1.